The lowest BCUT2D eigenvalue weighted by molar-refractivity contribution is 0.418. The minimum absolute atomic E-state index is 0.459. The molecule has 0 aliphatic carbocycles. The first-order valence-corrected chi connectivity index (χ1v) is 10.00. The summed E-state index contributed by atoms with van der Waals surface area (Å²) in [6.45, 7) is 5.31. The van der Waals surface area contributed by atoms with Crippen molar-refractivity contribution in [2.24, 2.45) is 0 Å². The van der Waals surface area contributed by atoms with Gasteiger partial charge in [-0.15, -0.1) is 0 Å². The lowest BCUT2D eigenvalue weighted by atomic mass is 9.97. The molecule has 0 radical (unpaired) electrons. The third kappa shape index (κ3) is 3.64. The highest BCUT2D eigenvalue weighted by molar-refractivity contribution is 5.86. The Morgan fingerprint density at radius 3 is 3.00 bits per heavy atom. The van der Waals surface area contributed by atoms with Crippen molar-refractivity contribution in [3.05, 3.63) is 48.5 Å². The van der Waals surface area contributed by atoms with Crippen molar-refractivity contribution < 1.29 is 4.74 Å². The molecule has 1 atom stereocenters. The zero-order chi connectivity index (χ0) is 18.6. The number of anilines is 1. The molecule has 1 saturated heterocycles. The third-order valence-electron chi connectivity index (χ3n) is 5.50. The zero-order valence-corrected chi connectivity index (χ0v) is 16.3. The summed E-state index contributed by atoms with van der Waals surface area (Å²) in [5, 5.41) is 1.11. The Kier molecular flexibility index (Phi) is 5.28. The maximum atomic E-state index is 5.51. The number of rotatable bonds is 6. The predicted molar refractivity (Wildman–Crippen MR) is 110 cm³/mol. The Balaban J connectivity index is 1.58. The molecule has 27 heavy (non-hydrogen) atoms. The molecule has 1 aliphatic heterocycles. The lowest BCUT2D eigenvalue weighted by Crippen LogP contribution is -2.36. The highest BCUT2D eigenvalue weighted by Crippen LogP contribution is 2.31. The van der Waals surface area contributed by atoms with Crippen molar-refractivity contribution in [3.63, 3.8) is 0 Å². The number of methoxy groups -OCH3 is 1. The molecule has 4 rings (SSSR count). The van der Waals surface area contributed by atoms with E-state index < -0.39 is 0 Å². The first kappa shape index (κ1) is 17.8. The molecular weight excluding hydrogens is 336 g/mol. The monoisotopic (exact) mass is 364 g/mol. The van der Waals surface area contributed by atoms with Gasteiger partial charge in [-0.3, -0.25) is 0 Å². The first-order chi connectivity index (χ1) is 13.3. The van der Waals surface area contributed by atoms with E-state index >= 15 is 0 Å². The maximum absolute atomic E-state index is 5.51. The fourth-order valence-corrected chi connectivity index (χ4v) is 4.04. The van der Waals surface area contributed by atoms with Gasteiger partial charge in [-0.25, -0.2) is 9.97 Å². The van der Waals surface area contributed by atoms with Gasteiger partial charge < -0.3 is 14.2 Å². The first-order valence-electron chi connectivity index (χ1n) is 10.00. The molecular formula is C22H28N4O. The van der Waals surface area contributed by atoms with Gasteiger partial charge in [0.2, 0.25) is 0 Å². The fraction of sp³-hybridized carbons (Fsp3) is 0.455. The molecule has 0 unspecified atom stereocenters. The second kappa shape index (κ2) is 7.99. The van der Waals surface area contributed by atoms with Crippen LogP contribution in [0.1, 0.15) is 44.3 Å². The van der Waals surface area contributed by atoms with Gasteiger partial charge in [0.15, 0.2) is 0 Å². The summed E-state index contributed by atoms with van der Waals surface area (Å²) in [5.41, 5.74) is 0.934. The van der Waals surface area contributed by atoms with Crippen LogP contribution < -0.4 is 9.64 Å². The summed E-state index contributed by atoms with van der Waals surface area (Å²) >= 11 is 0. The van der Waals surface area contributed by atoms with Gasteiger partial charge in [0.25, 0.3) is 0 Å². The molecule has 3 aromatic rings. The number of fused-ring (bicyclic) bond motifs is 1. The fourth-order valence-electron chi connectivity index (χ4n) is 4.04. The van der Waals surface area contributed by atoms with Gasteiger partial charge >= 0.3 is 0 Å². The van der Waals surface area contributed by atoms with Crippen molar-refractivity contribution in [3.8, 4) is 5.75 Å². The van der Waals surface area contributed by atoms with Crippen LogP contribution in [0, 0.1) is 0 Å². The summed E-state index contributed by atoms with van der Waals surface area (Å²) in [5.74, 6) is 3.55. The van der Waals surface area contributed by atoms with E-state index in [4.69, 9.17) is 14.7 Å². The van der Waals surface area contributed by atoms with Gasteiger partial charge in [0.05, 0.1) is 7.11 Å². The van der Waals surface area contributed by atoms with Gasteiger partial charge in [-0.1, -0.05) is 25.5 Å². The Morgan fingerprint density at radius 1 is 1.22 bits per heavy atom. The number of aromatic nitrogens is 3. The van der Waals surface area contributed by atoms with Crippen molar-refractivity contribution in [1.29, 1.82) is 0 Å². The van der Waals surface area contributed by atoms with Gasteiger partial charge in [-0.05, 0) is 37.5 Å². The number of para-hydroxylation sites is 1. The smallest absolute Gasteiger partial charge is 0.145 e. The Morgan fingerprint density at radius 2 is 2.15 bits per heavy atom. The summed E-state index contributed by atoms with van der Waals surface area (Å²) in [4.78, 5) is 12.0. The molecule has 0 amide bonds. The van der Waals surface area contributed by atoms with Gasteiger partial charge in [-0.2, -0.15) is 0 Å². The highest BCUT2D eigenvalue weighted by Gasteiger charge is 2.25. The van der Waals surface area contributed by atoms with E-state index in [9.17, 15) is 0 Å². The van der Waals surface area contributed by atoms with E-state index in [1.165, 1.54) is 25.1 Å². The Hall–Kier alpha value is -2.56. The van der Waals surface area contributed by atoms with E-state index in [1.54, 1.807) is 7.11 Å². The van der Waals surface area contributed by atoms with Crippen LogP contribution in [0.15, 0.2) is 42.7 Å². The quantitative estimate of drug-likeness (QED) is 0.640. The van der Waals surface area contributed by atoms with Crippen LogP contribution in [0.4, 0.5) is 5.82 Å². The number of pyridine rings is 1. The van der Waals surface area contributed by atoms with E-state index in [-0.39, 0.29) is 0 Å². The van der Waals surface area contributed by atoms with E-state index in [2.05, 4.69) is 40.8 Å². The molecule has 1 fully saturated rings. The third-order valence-corrected chi connectivity index (χ3v) is 5.50. The van der Waals surface area contributed by atoms with Crippen LogP contribution in [0.2, 0.25) is 0 Å². The van der Waals surface area contributed by atoms with Crippen LogP contribution >= 0.6 is 0 Å². The largest absolute Gasteiger partial charge is 0.494 e. The number of imidazole rings is 1. The minimum Gasteiger partial charge on any atom is -0.494 e. The van der Waals surface area contributed by atoms with E-state index in [0.29, 0.717) is 5.92 Å². The molecule has 0 N–H and O–H groups in total. The van der Waals surface area contributed by atoms with Crippen LogP contribution in [-0.4, -0.2) is 34.7 Å². The number of piperidine rings is 1. The molecule has 0 bridgehead atoms. The Labute approximate surface area is 161 Å². The van der Waals surface area contributed by atoms with Crippen LogP contribution in [0.25, 0.3) is 10.9 Å². The second-order valence-electron chi connectivity index (χ2n) is 7.32. The number of hydrogen-bond donors (Lipinski definition) is 0. The van der Waals surface area contributed by atoms with E-state index in [0.717, 1.165) is 48.5 Å². The van der Waals surface area contributed by atoms with Crippen molar-refractivity contribution in [2.75, 3.05) is 25.1 Å². The van der Waals surface area contributed by atoms with Gasteiger partial charge in [0, 0.05) is 43.3 Å². The molecule has 1 aliphatic rings. The summed E-state index contributed by atoms with van der Waals surface area (Å²) in [6.07, 6.45) is 8.84. The molecule has 1 aromatic carbocycles. The molecule has 5 heteroatoms. The van der Waals surface area contributed by atoms with Crippen LogP contribution in [0.5, 0.6) is 5.75 Å². The molecule has 0 saturated carbocycles. The maximum Gasteiger partial charge on any atom is 0.145 e. The second-order valence-corrected chi connectivity index (χ2v) is 7.32. The number of hydrogen-bond acceptors (Lipinski definition) is 4. The average molecular weight is 364 g/mol. The number of aryl methyl sites for hydroxylation is 1. The molecule has 5 nitrogen and oxygen atoms in total. The predicted octanol–water partition coefficient (Wildman–Crippen LogP) is 4.62. The summed E-state index contributed by atoms with van der Waals surface area (Å²) in [6, 6.07) is 10.3. The number of benzene rings is 1. The molecule has 3 heterocycles. The standard InChI is InChI=1S/C22H28N4O/c1-3-4-13-25-15-12-23-22(25)18-8-6-14-26(16-18)20-11-10-17-7-5-9-19(27-2)21(17)24-20/h5,7,9-12,15,18H,3-4,6,8,13-14,16H2,1-2H3/t18-/m0/s1. The van der Waals surface area contributed by atoms with Crippen molar-refractivity contribution >= 4 is 16.7 Å². The molecule has 2 aromatic heterocycles. The summed E-state index contributed by atoms with van der Waals surface area (Å²) < 4.78 is 7.85. The summed E-state index contributed by atoms with van der Waals surface area (Å²) in [7, 11) is 1.70. The van der Waals surface area contributed by atoms with Gasteiger partial charge in [0.1, 0.15) is 22.9 Å². The van der Waals surface area contributed by atoms with Crippen molar-refractivity contribution in [1.82, 2.24) is 14.5 Å². The number of nitrogens with zero attached hydrogens (tertiary/aromatic N) is 4. The van der Waals surface area contributed by atoms with Crippen molar-refractivity contribution in [2.45, 2.75) is 45.1 Å². The molecule has 142 valence electrons. The average Bonchev–Trinajstić information content (AvgIpc) is 3.20. The normalized spacial score (nSPS) is 17.4. The Bertz CT molecular complexity index is 904. The topological polar surface area (TPSA) is 43.2 Å². The zero-order valence-electron chi connectivity index (χ0n) is 16.3. The SMILES string of the molecule is CCCCn1ccnc1[C@H]1CCCN(c2ccc3cccc(OC)c3n2)C1. The van der Waals surface area contributed by atoms with E-state index in [1.807, 2.05) is 18.3 Å². The lowest BCUT2D eigenvalue weighted by Gasteiger charge is -2.33. The minimum atomic E-state index is 0.459. The molecule has 0 spiro atoms. The number of unbranched alkanes of at least 4 members (excludes halogenated alkanes) is 1. The highest BCUT2D eigenvalue weighted by atomic mass is 16.5. The van der Waals surface area contributed by atoms with Crippen LogP contribution in [-0.2, 0) is 6.54 Å². The number of ether oxygens (including phenoxy) is 1. The van der Waals surface area contributed by atoms with Crippen LogP contribution in [0.3, 0.4) is 0 Å².